The summed E-state index contributed by atoms with van der Waals surface area (Å²) >= 11 is 6.36. The number of hydrogen-bond donors (Lipinski definition) is 2. The number of fused-ring (bicyclic) bond motifs is 1. The molecular weight excluding hydrogens is 450 g/mol. The van der Waals surface area contributed by atoms with Gasteiger partial charge in [-0.15, -0.1) is 0 Å². The van der Waals surface area contributed by atoms with Gasteiger partial charge in [0, 0.05) is 23.3 Å². The number of anilines is 1. The molecular formula is C26H24ClN5O2. The van der Waals surface area contributed by atoms with Gasteiger partial charge >= 0.3 is 0 Å². The molecule has 34 heavy (non-hydrogen) atoms. The van der Waals surface area contributed by atoms with Gasteiger partial charge in [0.2, 0.25) is 0 Å². The second-order valence-electron chi connectivity index (χ2n) is 8.74. The number of nitrogens with one attached hydrogen (secondary N) is 2. The van der Waals surface area contributed by atoms with E-state index in [2.05, 4.69) is 15.7 Å². The normalized spacial score (nSPS) is 13.3. The van der Waals surface area contributed by atoms with Crippen molar-refractivity contribution in [3.8, 4) is 11.3 Å². The summed E-state index contributed by atoms with van der Waals surface area (Å²) in [6, 6.07) is 16.7. The Hall–Kier alpha value is -3.71. The van der Waals surface area contributed by atoms with Crippen LogP contribution in [0.4, 0.5) is 5.69 Å². The van der Waals surface area contributed by atoms with Gasteiger partial charge in [-0.1, -0.05) is 41.9 Å². The molecule has 2 heterocycles. The molecule has 0 unspecified atom stereocenters. The second kappa shape index (κ2) is 8.91. The van der Waals surface area contributed by atoms with Gasteiger partial charge in [-0.25, -0.2) is 9.67 Å². The monoisotopic (exact) mass is 473 g/mol. The molecule has 0 spiro atoms. The summed E-state index contributed by atoms with van der Waals surface area (Å²) in [5.74, 6) is -0.506. The summed E-state index contributed by atoms with van der Waals surface area (Å²) in [5, 5.41) is 11.2. The first-order valence-electron chi connectivity index (χ1n) is 11.3. The van der Waals surface area contributed by atoms with Crippen molar-refractivity contribution in [1.82, 2.24) is 20.1 Å². The zero-order valence-corrected chi connectivity index (χ0v) is 19.6. The highest BCUT2D eigenvalue weighted by Crippen LogP contribution is 2.28. The molecule has 5 rings (SSSR count). The standard InChI is InChI=1S/C26H24ClN5O2/c1-15(2)32-24-21(14-28-32)20(13-23(31-24)16-6-4-3-5-7-16)26(34)30-18-10-11-19(22(27)12-18)25(33)29-17-8-9-17/h3-7,10-15,17H,8-9H2,1-2H3,(H,29,33)(H,30,34). The molecule has 1 aliphatic carbocycles. The molecule has 2 amide bonds. The van der Waals surface area contributed by atoms with Crippen molar-refractivity contribution in [3.05, 3.63) is 76.9 Å². The fraction of sp³-hybridized carbons (Fsp3) is 0.231. The summed E-state index contributed by atoms with van der Waals surface area (Å²) in [4.78, 5) is 30.5. The SMILES string of the molecule is CC(C)n1ncc2c(C(=O)Nc3ccc(C(=O)NC4CC4)c(Cl)c3)cc(-c3ccccc3)nc21. The molecule has 8 heteroatoms. The summed E-state index contributed by atoms with van der Waals surface area (Å²) < 4.78 is 1.81. The van der Waals surface area contributed by atoms with E-state index in [0.29, 0.717) is 33.5 Å². The van der Waals surface area contributed by atoms with E-state index in [1.54, 1.807) is 30.5 Å². The molecule has 0 radical (unpaired) electrons. The molecule has 1 fully saturated rings. The van der Waals surface area contributed by atoms with E-state index in [1.807, 2.05) is 48.9 Å². The molecule has 1 saturated carbocycles. The molecule has 172 valence electrons. The van der Waals surface area contributed by atoms with Gasteiger partial charge in [-0.3, -0.25) is 9.59 Å². The Balaban J connectivity index is 1.49. The van der Waals surface area contributed by atoms with Crippen LogP contribution in [0.1, 0.15) is 53.4 Å². The van der Waals surface area contributed by atoms with E-state index in [-0.39, 0.29) is 28.9 Å². The third-order valence-electron chi connectivity index (χ3n) is 5.75. The lowest BCUT2D eigenvalue weighted by molar-refractivity contribution is 0.0950. The van der Waals surface area contributed by atoms with Crippen LogP contribution in [0.3, 0.4) is 0 Å². The van der Waals surface area contributed by atoms with Crippen LogP contribution in [-0.2, 0) is 0 Å². The third kappa shape index (κ3) is 4.39. The summed E-state index contributed by atoms with van der Waals surface area (Å²) in [7, 11) is 0. The topological polar surface area (TPSA) is 88.9 Å². The Morgan fingerprint density at radius 3 is 2.47 bits per heavy atom. The van der Waals surface area contributed by atoms with Crippen LogP contribution in [0.5, 0.6) is 0 Å². The van der Waals surface area contributed by atoms with Crippen molar-refractivity contribution in [2.45, 2.75) is 38.8 Å². The zero-order chi connectivity index (χ0) is 23.8. The van der Waals surface area contributed by atoms with E-state index < -0.39 is 0 Å². The quantitative estimate of drug-likeness (QED) is 0.388. The number of benzene rings is 2. The summed E-state index contributed by atoms with van der Waals surface area (Å²) in [5.41, 5.74) is 3.59. The maximum Gasteiger partial charge on any atom is 0.256 e. The maximum absolute atomic E-state index is 13.4. The van der Waals surface area contributed by atoms with Gasteiger partial charge in [-0.2, -0.15) is 5.10 Å². The first-order chi connectivity index (χ1) is 16.4. The number of nitrogens with zero attached hydrogens (tertiary/aromatic N) is 3. The molecule has 7 nitrogen and oxygen atoms in total. The van der Waals surface area contributed by atoms with E-state index in [0.717, 1.165) is 18.4 Å². The highest BCUT2D eigenvalue weighted by molar-refractivity contribution is 6.34. The number of carbonyl (C=O) groups excluding carboxylic acids is 2. The Labute approximate surface area is 202 Å². The van der Waals surface area contributed by atoms with Gasteiger partial charge in [-0.05, 0) is 51.0 Å². The molecule has 1 aliphatic rings. The predicted molar refractivity (Wildman–Crippen MR) is 133 cm³/mol. The van der Waals surface area contributed by atoms with Crippen LogP contribution >= 0.6 is 11.6 Å². The molecule has 4 aromatic rings. The zero-order valence-electron chi connectivity index (χ0n) is 18.9. The average molecular weight is 474 g/mol. The second-order valence-corrected chi connectivity index (χ2v) is 9.14. The van der Waals surface area contributed by atoms with Crippen molar-refractivity contribution < 1.29 is 9.59 Å². The minimum absolute atomic E-state index is 0.0834. The Kier molecular flexibility index (Phi) is 5.79. The molecule has 0 aliphatic heterocycles. The average Bonchev–Trinajstić information content (AvgIpc) is 3.53. The van der Waals surface area contributed by atoms with Crippen LogP contribution < -0.4 is 10.6 Å². The molecule has 2 aromatic carbocycles. The molecule has 2 N–H and O–H groups in total. The van der Waals surface area contributed by atoms with E-state index in [1.165, 1.54) is 0 Å². The first-order valence-corrected chi connectivity index (χ1v) is 11.6. The van der Waals surface area contributed by atoms with Gasteiger partial charge < -0.3 is 10.6 Å². The van der Waals surface area contributed by atoms with E-state index in [4.69, 9.17) is 16.6 Å². The number of aromatic nitrogens is 3. The van der Waals surface area contributed by atoms with Gasteiger partial charge in [0.05, 0.1) is 33.4 Å². The molecule has 0 bridgehead atoms. The van der Waals surface area contributed by atoms with Crippen LogP contribution in [-0.4, -0.2) is 32.6 Å². The minimum Gasteiger partial charge on any atom is -0.349 e. The Morgan fingerprint density at radius 1 is 1.03 bits per heavy atom. The summed E-state index contributed by atoms with van der Waals surface area (Å²) in [6.45, 7) is 4.04. The highest BCUT2D eigenvalue weighted by Gasteiger charge is 2.25. The number of halogens is 1. The van der Waals surface area contributed by atoms with Crippen LogP contribution in [0, 0.1) is 0 Å². The highest BCUT2D eigenvalue weighted by atomic mass is 35.5. The lowest BCUT2D eigenvalue weighted by atomic mass is 10.1. The number of amides is 2. The number of pyridine rings is 1. The smallest absolute Gasteiger partial charge is 0.256 e. The van der Waals surface area contributed by atoms with E-state index in [9.17, 15) is 9.59 Å². The predicted octanol–water partition coefficient (Wildman–Crippen LogP) is 5.48. The first kappa shape index (κ1) is 22.1. The fourth-order valence-electron chi connectivity index (χ4n) is 3.81. The van der Waals surface area contributed by atoms with Crippen LogP contribution in [0.15, 0.2) is 60.8 Å². The minimum atomic E-state index is -0.306. The lowest BCUT2D eigenvalue weighted by Crippen LogP contribution is -2.25. The number of hydrogen-bond acceptors (Lipinski definition) is 4. The molecule has 2 aromatic heterocycles. The van der Waals surface area contributed by atoms with Crippen molar-refractivity contribution in [2.24, 2.45) is 0 Å². The maximum atomic E-state index is 13.4. The Morgan fingerprint density at radius 2 is 1.79 bits per heavy atom. The molecule has 0 atom stereocenters. The van der Waals surface area contributed by atoms with Crippen molar-refractivity contribution in [1.29, 1.82) is 0 Å². The van der Waals surface area contributed by atoms with Crippen molar-refractivity contribution in [3.63, 3.8) is 0 Å². The summed E-state index contributed by atoms with van der Waals surface area (Å²) in [6.07, 6.45) is 3.66. The molecule has 0 saturated heterocycles. The van der Waals surface area contributed by atoms with Crippen molar-refractivity contribution in [2.75, 3.05) is 5.32 Å². The van der Waals surface area contributed by atoms with Gasteiger partial charge in [0.1, 0.15) is 0 Å². The van der Waals surface area contributed by atoms with Crippen molar-refractivity contribution >= 4 is 40.1 Å². The number of rotatable bonds is 6. The Bertz CT molecular complexity index is 1390. The lowest BCUT2D eigenvalue weighted by Gasteiger charge is -2.12. The van der Waals surface area contributed by atoms with Crippen LogP contribution in [0.25, 0.3) is 22.3 Å². The number of carbonyl (C=O) groups is 2. The third-order valence-corrected chi connectivity index (χ3v) is 6.07. The largest absolute Gasteiger partial charge is 0.349 e. The van der Waals surface area contributed by atoms with E-state index >= 15 is 0 Å². The van der Waals surface area contributed by atoms with Crippen LogP contribution in [0.2, 0.25) is 5.02 Å². The van der Waals surface area contributed by atoms with Gasteiger partial charge in [0.15, 0.2) is 5.65 Å². The van der Waals surface area contributed by atoms with Gasteiger partial charge in [0.25, 0.3) is 11.8 Å². The fourth-order valence-corrected chi connectivity index (χ4v) is 4.07.